The van der Waals surface area contributed by atoms with E-state index in [1.54, 1.807) is 36.4 Å². The van der Waals surface area contributed by atoms with Crippen molar-refractivity contribution in [2.45, 2.75) is 47.3 Å². The fraction of sp³-hybridized carbons (Fsp3) is 0.222. The van der Waals surface area contributed by atoms with Gasteiger partial charge in [0.15, 0.2) is 0 Å². The highest BCUT2D eigenvalue weighted by atomic mass is 32.2. The molecule has 7 nitrogen and oxygen atoms in total. The lowest BCUT2D eigenvalue weighted by Gasteiger charge is -2.29. The molecule has 3 aromatic carbocycles. The van der Waals surface area contributed by atoms with E-state index in [1.165, 1.54) is 17.8 Å². The van der Waals surface area contributed by atoms with Crippen LogP contribution in [0.1, 0.15) is 47.5 Å². The summed E-state index contributed by atoms with van der Waals surface area (Å²) in [7, 11) is 0. The maximum absolute atomic E-state index is 13.9. The van der Waals surface area contributed by atoms with Crippen molar-refractivity contribution in [2.75, 3.05) is 5.32 Å². The molecular formula is C27H24F2N4O3S. The first kappa shape index (κ1) is 24.8. The van der Waals surface area contributed by atoms with Crippen LogP contribution in [-0.4, -0.2) is 21.7 Å². The minimum atomic E-state index is -2.66. The second kappa shape index (κ2) is 9.85. The van der Waals surface area contributed by atoms with E-state index < -0.39 is 16.8 Å². The standard InChI is InChI=1S/C27H24F2N4O3S/c28-27(29)13-11-16(12-14-27)24-18-5-1-3-7-20(18)31-26(24)32-21-10-9-17(15-22(21)33(35)36)37-23-8-4-2-6-19(23)25(30)34/h1-10,15-16,31-32H,11-14H2,(H2,30,34). The molecule has 37 heavy (non-hydrogen) atoms. The maximum atomic E-state index is 13.9. The molecule has 1 fully saturated rings. The zero-order chi connectivity index (χ0) is 26.2. The Morgan fingerprint density at radius 1 is 1.08 bits per heavy atom. The zero-order valence-corrected chi connectivity index (χ0v) is 20.5. The van der Waals surface area contributed by atoms with Gasteiger partial charge in [-0.2, -0.15) is 0 Å². The van der Waals surface area contributed by atoms with Gasteiger partial charge in [-0.3, -0.25) is 14.9 Å². The number of para-hydroxylation sites is 1. The molecule has 4 aromatic rings. The Bertz CT molecular complexity index is 1490. The van der Waals surface area contributed by atoms with E-state index >= 15 is 0 Å². The van der Waals surface area contributed by atoms with Gasteiger partial charge < -0.3 is 16.0 Å². The Balaban J connectivity index is 1.50. The number of alkyl halides is 2. The number of anilines is 2. The Morgan fingerprint density at radius 2 is 1.78 bits per heavy atom. The van der Waals surface area contributed by atoms with Crippen LogP contribution in [0.15, 0.2) is 76.5 Å². The summed E-state index contributed by atoms with van der Waals surface area (Å²) in [6.07, 6.45) is 0.297. The second-order valence-electron chi connectivity index (χ2n) is 9.11. The van der Waals surface area contributed by atoms with Crippen LogP contribution in [0, 0.1) is 10.1 Å². The van der Waals surface area contributed by atoms with Crippen LogP contribution in [0.4, 0.5) is 26.0 Å². The average molecular weight is 523 g/mol. The molecule has 0 aliphatic heterocycles. The summed E-state index contributed by atoms with van der Waals surface area (Å²) in [5.74, 6) is -2.77. The second-order valence-corrected chi connectivity index (χ2v) is 10.2. The summed E-state index contributed by atoms with van der Waals surface area (Å²) in [5, 5.41) is 16.1. The fourth-order valence-corrected chi connectivity index (χ4v) is 5.85. The van der Waals surface area contributed by atoms with Crippen molar-refractivity contribution in [3.8, 4) is 0 Å². The number of carbonyl (C=O) groups is 1. The number of nitrogens with zero attached hydrogens (tertiary/aromatic N) is 1. The highest BCUT2D eigenvalue weighted by Gasteiger charge is 2.37. The summed E-state index contributed by atoms with van der Waals surface area (Å²) >= 11 is 1.21. The molecule has 0 bridgehead atoms. The number of benzene rings is 3. The number of hydrogen-bond donors (Lipinski definition) is 3. The molecule has 10 heteroatoms. The van der Waals surface area contributed by atoms with Gasteiger partial charge in [-0.15, -0.1) is 0 Å². The molecule has 4 N–H and O–H groups in total. The molecule has 1 amide bonds. The number of aromatic amines is 1. The smallest absolute Gasteiger partial charge is 0.293 e. The number of halogens is 2. The number of amides is 1. The topological polar surface area (TPSA) is 114 Å². The molecule has 0 unspecified atom stereocenters. The van der Waals surface area contributed by atoms with E-state index in [2.05, 4.69) is 10.3 Å². The van der Waals surface area contributed by atoms with Gasteiger partial charge in [0, 0.05) is 45.2 Å². The van der Waals surface area contributed by atoms with E-state index in [4.69, 9.17) is 5.73 Å². The van der Waals surface area contributed by atoms with Crippen molar-refractivity contribution in [1.29, 1.82) is 0 Å². The van der Waals surface area contributed by atoms with Crippen molar-refractivity contribution >= 4 is 45.8 Å². The number of nitro groups is 1. The molecule has 1 aromatic heterocycles. The molecule has 1 aliphatic carbocycles. The van der Waals surface area contributed by atoms with E-state index in [0.29, 0.717) is 34.0 Å². The molecule has 5 rings (SSSR count). The zero-order valence-electron chi connectivity index (χ0n) is 19.7. The molecule has 0 saturated heterocycles. The van der Waals surface area contributed by atoms with Gasteiger partial charge in [0.2, 0.25) is 11.8 Å². The van der Waals surface area contributed by atoms with Crippen LogP contribution >= 0.6 is 11.8 Å². The Kier molecular flexibility index (Phi) is 6.59. The third kappa shape index (κ3) is 5.15. The number of fused-ring (bicyclic) bond motifs is 1. The predicted molar refractivity (Wildman–Crippen MR) is 140 cm³/mol. The fourth-order valence-electron chi connectivity index (χ4n) is 4.87. The van der Waals surface area contributed by atoms with Crippen LogP contribution in [0.2, 0.25) is 0 Å². The highest BCUT2D eigenvalue weighted by molar-refractivity contribution is 7.99. The minimum absolute atomic E-state index is 0.0996. The van der Waals surface area contributed by atoms with Crippen LogP contribution in [-0.2, 0) is 0 Å². The van der Waals surface area contributed by atoms with Crippen LogP contribution in [0.5, 0.6) is 0 Å². The number of carbonyl (C=O) groups excluding carboxylic acids is 1. The third-order valence-electron chi connectivity index (χ3n) is 6.68. The molecular weight excluding hydrogens is 498 g/mol. The number of H-pyrrole nitrogens is 1. The van der Waals surface area contributed by atoms with Crippen molar-refractivity contribution in [3.05, 3.63) is 88.0 Å². The SMILES string of the molecule is NC(=O)c1ccccc1Sc1ccc(Nc2[nH]c3ccccc3c2C2CCC(F)(F)CC2)c([N+](=O)[O-])c1. The summed E-state index contributed by atoms with van der Waals surface area (Å²) in [6.45, 7) is 0. The molecule has 190 valence electrons. The lowest BCUT2D eigenvalue weighted by molar-refractivity contribution is -0.384. The molecule has 0 atom stereocenters. The summed E-state index contributed by atoms with van der Waals surface area (Å²) in [4.78, 5) is 27.8. The van der Waals surface area contributed by atoms with Gasteiger partial charge in [0.25, 0.3) is 5.69 Å². The summed E-state index contributed by atoms with van der Waals surface area (Å²) < 4.78 is 27.7. The van der Waals surface area contributed by atoms with E-state index in [9.17, 15) is 23.7 Å². The molecule has 1 aliphatic rings. The largest absolute Gasteiger partial charge is 0.366 e. The predicted octanol–water partition coefficient (Wildman–Crippen LogP) is 7.36. The van der Waals surface area contributed by atoms with Crippen molar-refractivity contribution in [3.63, 3.8) is 0 Å². The molecule has 1 saturated carbocycles. The molecule has 0 radical (unpaired) electrons. The van der Waals surface area contributed by atoms with Gasteiger partial charge >= 0.3 is 0 Å². The normalized spacial score (nSPS) is 15.5. The number of hydrogen-bond acceptors (Lipinski definition) is 5. The van der Waals surface area contributed by atoms with Crippen LogP contribution in [0.25, 0.3) is 10.9 Å². The third-order valence-corrected chi connectivity index (χ3v) is 7.74. The number of rotatable bonds is 7. The monoisotopic (exact) mass is 522 g/mol. The number of nitrogens with two attached hydrogens (primary N) is 1. The molecule has 0 spiro atoms. The van der Waals surface area contributed by atoms with E-state index in [1.807, 2.05) is 24.3 Å². The first-order valence-electron chi connectivity index (χ1n) is 11.8. The van der Waals surface area contributed by atoms with Gasteiger partial charge in [-0.25, -0.2) is 8.78 Å². The first-order valence-corrected chi connectivity index (χ1v) is 12.6. The van der Waals surface area contributed by atoms with Gasteiger partial charge in [0.1, 0.15) is 11.5 Å². The van der Waals surface area contributed by atoms with Crippen molar-refractivity contribution in [1.82, 2.24) is 4.98 Å². The lowest BCUT2D eigenvalue weighted by Crippen LogP contribution is -2.23. The Labute approximate surface area is 215 Å². The summed E-state index contributed by atoms with van der Waals surface area (Å²) in [5.41, 5.74) is 7.61. The Morgan fingerprint density at radius 3 is 2.51 bits per heavy atom. The highest BCUT2D eigenvalue weighted by Crippen LogP contribution is 2.46. The lowest BCUT2D eigenvalue weighted by atomic mass is 9.81. The average Bonchev–Trinajstić information content (AvgIpc) is 3.23. The van der Waals surface area contributed by atoms with E-state index in [-0.39, 0.29) is 30.1 Å². The van der Waals surface area contributed by atoms with Gasteiger partial charge in [-0.05, 0) is 49.1 Å². The summed E-state index contributed by atoms with van der Waals surface area (Å²) in [6, 6.07) is 19.2. The molecule has 1 heterocycles. The van der Waals surface area contributed by atoms with Crippen molar-refractivity contribution in [2.24, 2.45) is 5.73 Å². The first-order chi connectivity index (χ1) is 17.7. The Hall–Kier alpha value is -3.92. The quantitative estimate of drug-likeness (QED) is 0.173. The number of primary amides is 1. The maximum Gasteiger partial charge on any atom is 0.293 e. The van der Waals surface area contributed by atoms with Crippen LogP contribution in [0.3, 0.4) is 0 Å². The number of nitrogens with one attached hydrogen (secondary N) is 2. The van der Waals surface area contributed by atoms with E-state index in [0.717, 1.165) is 16.5 Å². The number of nitro benzene ring substituents is 1. The van der Waals surface area contributed by atoms with Crippen LogP contribution < -0.4 is 11.1 Å². The minimum Gasteiger partial charge on any atom is -0.366 e. The number of aromatic nitrogens is 1. The van der Waals surface area contributed by atoms with Gasteiger partial charge in [0.05, 0.1) is 10.5 Å². The van der Waals surface area contributed by atoms with Crippen molar-refractivity contribution < 1.29 is 18.5 Å². The van der Waals surface area contributed by atoms with Gasteiger partial charge in [-0.1, -0.05) is 42.1 Å².